The molecule has 9 nitrogen and oxygen atoms in total. The molecule has 2 heterocycles. The number of nitro groups is 1. The van der Waals surface area contributed by atoms with Gasteiger partial charge in [-0.1, -0.05) is 0 Å². The fourth-order valence-corrected chi connectivity index (χ4v) is 3.03. The first-order chi connectivity index (χ1) is 13.8. The second kappa shape index (κ2) is 8.01. The van der Waals surface area contributed by atoms with Crippen LogP contribution in [0.1, 0.15) is 33.3 Å². The highest BCUT2D eigenvalue weighted by molar-refractivity contribution is 5.92. The molecule has 0 aliphatic heterocycles. The van der Waals surface area contributed by atoms with E-state index in [-0.39, 0.29) is 11.4 Å². The summed E-state index contributed by atoms with van der Waals surface area (Å²) >= 11 is 0. The van der Waals surface area contributed by atoms with Crippen LogP contribution in [0.4, 0.5) is 5.69 Å². The van der Waals surface area contributed by atoms with E-state index in [1.165, 1.54) is 25.5 Å². The summed E-state index contributed by atoms with van der Waals surface area (Å²) in [6.07, 6.45) is 1.53. The first-order valence-corrected chi connectivity index (χ1v) is 8.73. The van der Waals surface area contributed by atoms with Crippen LogP contribution in [0.2, 0.25) is 0 Å². The zero-order valence-corrected chi connectivity index (χ0v) is 16.4. The molecule has 0 saturated heterocycles. The summed E-state index contributed by atoms with van der Waals surface area (Å²) in [6.45, 7) is 5.53. The van der Waals surface area contributed by atoms with Gasteiger partial charge in [0.1, 0.15) is 11.5 Å². The third-order valence-electron chi connectivity index (χ3n) is 4.42. The third kappa shape index (κ3) is 4.03. The predicted molar refractivity (Wildman–Crippen MR) is 107 cm³/mol. The molecular weight excluding hydrogens is 376 g/mol. The van der Waals surface area contributed by atoms with Crippen molar-refractivity contribution < 1.29 is 18.9 Å². The number of methoxy groups -OCH3 is 1. The molecule has 1 aromatic carbocycles. The van der Waals surface area contributed by atoms with Crippen molar-refractivity contribution in [3.63, 3.8) is 0 Å². The molecule has 1 N–H and O–H groups in total. The number of nitrogens with zero attached hydrogens (tertiary/aromatic N) is 3. The number of benzene rings is 1. The minimum atomic E-state index is -0.469. The van der Waals surface area contributed by atoms with Gasteiger partial charge < -0.3 is 13.7 Å². The number of amides is 1. The zero-order chi connectivity index (χ0) is 21.1. The fourth-order valence-electron chi connectivity index (χ4n) is 3.03. The maximum absolute atomic E-state index is 12.0. The maximum Gasteiger partial charge on any atom is 0.307 e. The van der Waals surface area contributed by atoms with E-state index in [2.05, 4.69) is 10.5 Å². The van der Waals surface area contributed by atoms with Crippen LogP contribution in [0.25, 0.3) is 5.69 Å². The Morgan fingerprint density at radius 3 is 2.62 bits per heavy atom. The molecule has 0 radical (unpaired) electrons. The largest absolute Gasteiger partial charge is 0.494 e. The lowest BCUT2D eigenvalue weighted by Gasteiger charge is -2.13. The highest BCUT2D eigenvalue weighted by atomic mass is 16.6. The Kier molecular flexibility index (Phi) is 5.49. The number of furan rings is 1. The highest BCUT2D eigenvalue weighted by Crippen LogP contribution is 2.31. The number of nitro benzene ring substituents is 1. The number of ether oxygens (including phenoxy) is 1. The standard InChI is InChI=1S/C20H20N4O5/c1-12-9-15(11-21-22-20(25)18-8-5-13(2)29-18)14(3)23(12)17-7-6-16(24(26)27)10-19(17)28-4/h5-11H,1-4H3,(H,22,25)/b21-11-. The molecule has 0 saturated carbocycles. The van der Waals surface area contributed by atoms with Crippen molar-refractivity contribution in [2.45, 2.75) is 20.8 Å². The maximum atomic E-state index is 12.0. The topological polar surface area (TPSA) is 112 Å². The van der Waals surface area contributed by atoms with Crippen LogP contribution in [-0.4, -0.2) is 28.7 Å². The van der Waals surface area contributed by atoms with Crippen LogP contribution in [0.3, 0.4) is 0 Å². The van der Waals surface area contributed by atoms with Crippen molar-refractivity contribution in [1.29, 1.82) is 0 Å². The monoisotopic (exact) mass is 396 g/mol. The van der Waals surface area contributed by atoms with E-state index < -0.39 is 10.8 Å². The van der Waals surface area contributed by atoms with Crippen molar-refractivity contribution >= 4 is 17.8 Å². The number of carbonyl (C=O) groups excluding carboxylic acids is 1. The number of carbonyl (C=O) groups is 1. The quantitative estimate of drug-likeness (QED) is 0.388. The molecule has 2 aromatic heterocycles. The van der Waals surface area contributed by atoms with Gasteiger partial charge in [-0.3, -0.25) is 14.9 Å². The molecule has 0 bridgehead atoms. The molecule has 0 atom stereocenters. The van der Waals surface area contributed by atoms with E-state index in [4.69, 9.17) is 9.15 Å². The van der Waals surface area contributed by atoms with Gasteiger partial charge in [0.05, 0.1) is 30.0 Å². The van der Waals surface area contributed by atoms with Crippen LogP contribution in [0.15, 0.2) is 45.9 Å². The Morgan fingerprint density at radius 2 is 2.00 bits per heavy atom. The lowest BCUT2D eigenvalue weighted by Crippen LogP contribution is -2.16. The van der Waals surface area contributed by atoms with Crippen molar-refractivity contribution in [2.75, 3.05) is 7.11 Å². The van der Waals surface area contributed by atoms with E-state index in [0.717, 1.165) is 17.0 Å². The Balaban J connectivity index is 1.87. The molecule has 3 rings (SSSR count). The van der Waals surface area contributed by atoms with E-state index in [0.29, 0.717) is 17.2 Å². The molecule has 1 amide bonds. The predicted octanol–water partition coefficient (Wildman–Crippen LogP) is 3.68. The Morgan fingerprint density at radius 1 is 1.24 bits per heavy atom. The Labute approximate surface area is 166 Å². The number of aromatic nitrogens is 1. The van der Waals surface area contributed by atoms with Crippen LogP contribution in [0.5, 0.6) is 5.75 Å². The Bertz CT molecular complexity index is 1110. The summed E-state index contributed by atoms with van der Waals surface area (Å²) in [6, 6.07) is 9.61. The summed E-state index contributed by atoms with van der Waals surface area (Å²) < 4.78 is 12.5. The molecule has 0 aliphatic rings. The van der Waals surface area contributed by atoms with Gasteiger partial charge in [0.15, 0.2) is 5.76 Å². The number of hydrazone groups is 1. The van der Waals surface area contributed by atoms with Gasteiger partial charge >= 0.3 is 5.91 Å². The van der Waals surface area contributed by atoms with Gasteiger partial charge in [0, 0.05) is 23.0 Å². The minimum absolute atomic E-state index is 0.0503. The van der Waals surface area contributed by atoms with Gasteiger partial charge in [-0.2, -0.15) is 5.10 Å². The average Bonchev–Trinajstić information content (AvgIpc) is 3.24. The first-order valence-electron chi connectivity index (χ1n) is 8.73. The second-order valence-corrected chi connectivity index (χ2v) is 6.38. The number of non-ortho nitro benzene ring substituents is 1. The molecule has 0 aliphatic carbocycles. The molecule has 0 unspecified atom stereocenters. The van der Waals surface area contributed by atoms with Gasteiger partial charge in [0.25, 0.3) is 5.69 Å². The molecule has 3 aromatic rings. The van der Waals surface area contributed by atoms with Crippen molar-refractivity contribution in [1.82, 2.24) is 9.99 Å². The van der Waals surface area contributed by atoms with Gasteiger partial charge in [-0.15, -0.1) is 0 Å². The smallest absolute Gasteiger partial charge is 0.307 e. The number of aryl methyl sites for hydroxylation is 2. The molecule has 0 fully saturated rings. The van der Waals surface area contributed by atoms with Crippen molar-refractivity contribution in [3.05, 3.63) is 75.0 Å². The summed E-state index contributed by atoms with van der Waals surface area (Å²) in [5.74, 6) is 0.756. The van der Waals surface area contributed by atoms with E-state index >= 15 is 0 Å². The van der Waals surface area contributed by atoms with Crippen LogP contribution >= 0.6 is 0 Å². The lowest BCUT2D eigenvalue weighted by molar-refractivity contribution is -0.384. The van der Waals surface area contributed by atoms with Crippen LogP contribution in [0, 0.1) is 30.9 Å². The molecule has 0 spiro atoms. The first kappa shape index (κ1) is 19.9. The van der Waals surface area contributed by atoms with Crippen molar-refractivity contribution in [3.8, 4) is 11.4 Å². The van der Waals surface area contributed by atoms with Gasteiger partial charge in [-0.25, -0.2) is 5.43 Å². The summed E-state index contributed by atoms with van der Waals surface area (Å²) in [7, 11) is 1.46. The molecular formula is C20H20N4O5. The SMILES string of the molecule is COc1cc([N+](=O)[O-])ccc1-n1c(C)cc(/C=N\NC(=O)c2ccc(C)o2)c1C. The van der Waals surface area contributed by atoms with E-state index in [1.807, 2.05) is 24.5 Å². The van der Waals surface area contributed by atoms with E-state index in [1.54, 1.807) is 25.1 Å². The number of nitrogens with one attached hydrogen (secondary N) is 1. The fraction of sp³-hybridized carbons (Fsp3) is 0.200. The second-order valence-electron chi connectivity index (χ2n) is 6.38. The van der Waals surface area contributed by atoms with E-state index in [9.17, 15) is 14.9 Å². The molecule has 29 heavy (non-hydrogen) atoms. The Hall–Kier alpha value is -3.88. The number of rotatable bonds is 6. The van der Waals surface area contributed by atoms with Gasteiger partial charge in [-0.05, 0) is 45.0 Å². The molecule has 150 valence electrons. The van der Waals surface area contributed by atoms with Gasteiger partial charge in [0.2, 0.25) is 0 Å². The average molecular weight is 396 g/mol. The summed E-state index contributed by atoms with van der Waals surface area (Å²) in [5, 5.41) is 15.0. The zero-order valence-electron chi connectivity index (χ0n) is 16.4. The van der Waals surface area contributed by atoms with Crippen molar-refractivity contribution in [2.24, 2.45) is 5.10 Å². The van der Waals surface area contributed by atoms with Crippen LogP contribution in [-0.2, 0) is 0 Å². The highest BCUT2D eigenvalue weighted by Gasteiger charge is 2.17. The summed E-state index contributed by atoms with van der Waals surface area (Å²) in [5.41, 5.74) is 5.54. The lowest BCUT2D eigenvalue weighted by atomic mass is 10.2. The number of hydrogen-bond acceptors (Lipinski definition) is 6. The van der Waals surface area contributed by atoms with Crippen LogP contribution < -0.4 is 10.2 Å². The third-order valence-corrected chi connectivity index (χ3v) is 4.42. The molecule has 9 heteroatoms. The normalized spacial score (nSPS) is 11.0. The minimum Gasteiger partial charge on any atom is -0.494 e. The summed E-state index contributed by atoms with van der Waals surface area (Å²) in [4.78, 5) is 22.5. The number of hydrogen-bond donors (Lipinski definition) is 1.